The SMILES string of the molecule is CC(C)(C)C(NC(=O)C(CC1CCCC1)CN(C=O)OCc1ccccc1)C(=O)N1CCC(N(Cc2ccco2)C(=O)OCc2ccccc2)CC1. The summed E-state index contributed by atoms with van der Waals surface area (Å²) in [6, 6.07) is 21.8. The van der Waals surface area contributed by atoms with E-state index < -0.39 is 23.5 Å². The van der Waals surface area contributed by atoms with Crippen molar-refractivity contribution in [2.45, 2.75) is 97.6 Å². The van der Waals surface area contributed by atoms with Crippen LogP contribution in [0.5, 0.6) is 0 Å². The second kappa shape index (κ2) is 18.7. The van der Waals surface area contributed by atoms with E-state index in [1.807, 2.05) is 87.5 Å². The largest absolute Gasteiger partial charge is 0.467 e. The molecule has 2 aliphatic rings. The molecule has 2 aromatic carbocycles. The minimum absolute atomic E-state index is 0.0982. The topological polar surface area (TPSA) is 122 Å². The number of hydrogen-bond donors (Lipinski definition) is 1. The molecule has 2 unspecified atom stereocenters. The average Bonchev–Trinajstić information content (AvgIpc) is 3.88. The predicted molar refractivity (Wildman–Crippen MR) is 196 cm³/mol. The number of nitrogens with zero attached hydrogens (tertiary/aromatic N) is 3. The van der Waals surface area contributed by atoms with Gasteiger partial charge in [0.1, 0.15) is 25.0 Å². The fourth-order valence-electron chi connectivity index (χ4n) is 7.19. The Balaban J connectivity index is 1.23. The molecule has 1 aliphatic carbocycles. The molecule has 0 radical (unpaired) electrons. The Bertz CT molecular complexity index is 1550. The highest BCUT2D eigenvalue weighted by Crippen LogP contribution is 2.32. The van der Waals surface area contributed by atoms with Gasteiger partial charge in [0, 0.05) is 19.1 Å². The smallest absolute Gasteiger partial charge is 0.410 e. The Morgan fingerprint density at radius 3 is 2.12 bits per heavy atom. The molecule has 1 N–H and O–H groups in total. The Morgan fingerprint density at radius 1 is 0.904 bits per heavy atom. The van der Waals surface area contributed by atoms with Gasteiger partial charge in [0.2, 0.25) is 18.2 Å². The van der Waals surface area contributed by atoms with Crippen LogP contribution in [0.2, 0.25) is 0 Å². The first-order chi connectivity index (χ1) is 25.1. The normalized spacial score (nSPS) is 16.6. The van der Waals surface area contributed by atoms with Gasteiger partial charge in [-0.2, -0.15) is 0 Å². The van der Waals surface area contributed by atoms with Gasteiger partial charge in [-0.3, -0.25) is 24.1 Å². The van der Waals surface area contributed by atoms with Crippen LogP contribution in [0, 0.1) is 17.3 Å². The van der Waals surface area contributed by atoms with E-state index in [1.165, 1.54) is 5.06 Å². The van der Waals surface area contributed by atoms with Crippen molar-refractivity contribution in [2.24, 2.45) is 17.3 Å². The zero-order chi connectivity index (χ0) is 36.9. The molecule has 3 aromatic rings. The predicted octanol–water partition coefficient (Wildman–Crippen LogP) is 6.73. The number of piperidine rings is 1. The van der Waals surface area contributed by atoms with Crippen LogP contribution in [0.3, 0.4) is 0 Å². The number of likely N-dealkylation sites (tertiary alicyclic amines) is 1. The molecule has 11 nitrogen and oxygen atoms in total. The molecule has 11 heteroatoms. The molecule has 52 heavy (non-hydrogen) atoms. The summed E-state index contributed by atoms with van der Waals surface area (Å²) in [6.45, 7) is 7.41. The van der Waals surface area contributed by atoms with Crippen molar-refractivity contribution in [1.29, 1.82) is 0 Å². The zero-order valence-electron chi connectivity index (χ0n) is 30.8. The van der Waals surface area contributed by atoms with E-state index in [9.17, 15) is 19.2 Å². The average molecular weight is 715 g/mol. The van der Waals surface area contributed by atoms with Gasteiger partial charge in [-0.25, -0.2) is 9.86 Å². The van der Waals surface area contributed by atoms with E-state index in [4.69, 9.17) is 14.0 Å². The molecule has 0 spiro atoms. The highest BCUT2D eigenvalue weighted by molar-refractivity contribution is 5.89. The van der Waals surface area contributed by atoms with Crippen molar-refractivity contribution >= 4 is 24.3 Å². The van der Waals surface area contributed by atoms with Gasteiger partial charge in [0.25, 0.3) is 0 Å². The molecule has 1 saturated carbocycles. The van der Waals surface area contributed by atoms with E-state index >= 15 is 0 Å². The number of amides is 4. The van der Waals surface area contributed by atoms with Gasteiger partial charge in [-0.1, -0.05) is 107 Å². The van der Waals surface area contributed by atoms with E-state index in [-0.39, 0.29) is 44.2 Å². The van der Waals surface area contributed by atoms with Crippen molar-refractivity contribution in [3.63, 3.8) is 0 Å². The summed E-state index contributed by atoms with van der Waals surface area (Å²) in [5.74, 6) is 0.0809. The fraction of sp³-hybridized carbons (Fsp3) is 0.512. The summed E-state index contributed by atoms with van der Waals surface area (Å²) >= 11 is 0. The molecule has 2 heterocycles. The van der Waals surface area contributed by atoms with Gasteiger partial charge < -0.3 is 19.4 Å². The van der Waals surface area contributed by atoms with Gasteiger partial charge >= 0.3 is 6.09 Å². The molecule has 1 aliphatic heterocycles. The van der Waals surface area contributed by atoms with E-state index in [0.717, 1.165) is 36.8 Å². The summed E-state index contributed by atoms with van der Waals surface area (Å²) in [6.07, 6.45) is 7.84. The minimum Gasteiger partial charge on any atom is -0.467 e. The Labute approximate surface area is 307 Å². The van der Waals surface area contributed by atoms with Crippen molar-refractivity contribution in [2.75, 3.05) is 19.6 Å². The van der Waals surface area contributed by atoms with Crippen molar-refractivity contribution in [1.82, 2.24) is 20.2 Å². The molecular formula is C41H54N4O7. The monoisotopic (exact) mass is 714 g/mol. The number of nitrogens with one attached hydrogen (secondary N) is 1. The second-order valence-corrected chi connectivity index (χ2v) is 15.2. The summed E-state index contributed by atoms with van der Waals surface area (Å²) in [4.78, 5) is 63.1. The second-order valence-electron chi connectivity index (χ2n) is 15.2. The van der Waals surface area contributed by atoms with Gasteiger partial charge in [-0.15, -0.1) is 0 Å². The molecular weight excluding hydrogens is 660 g/mol. The summed E-state index contributed by atoms with van der Waals surface area (Å²) in [5.41, 5.74) is 1.23. The maximum Gasteiger partial charge on any atom is 0.410 e. The first-order valence-electron chi connectivity index (χ1n) is 18.6. The molecule has 2 fully saturated rings. The molecule has 2 atom stereocenters. The number of carbonyl (C=O) groups excluding carboxylic acids is 4. The van der Waals surface area contributed by atoms with Crippen LogP contribution in [0.15, 0.2) is 83.5 Å². The van der Waals surface area contributed by atoms with E-state index in [1.54, 1.807) is 22.1 Å². The van der Waals surface area contributed by atoms with E-state index in [0.29, 0.717) is 50.4 Å². The lowest BCUT2D eigenvalue weighted by molar-refractivity contribution is -0.182. The standard InChI is InChI=1S/C41H54N4O7/c1-41(2,3)37(42-38(47)34(25-31-13-10-11-14-31)26-44(30-46)52-29-33-17-8-5-9-18-33)39(48)43-22-20-35(21-23-43)45(27-36-19-12-24-50-36)40(49)51-28-32-15-6-4-7-16-32/h4-9,12,15-19,24,30-31,34-35,37H,10-11,13-14,20-23,25-29H2,1-3H3,(H,42,47). The first kappa shape index (κ1) is 38.6. The van der Waals surface area contributed by atoms with Crippen LogP contribution in [0.1, 0.15) is 82.6 Å². The third-order valence-electron chi connectivity index (χ3n) is 10.2. The van der Waals surface area contributed by atoms with Crippen LogP contribution >= 0.6 is 0 Å². The number of carbonyl (C=O) groups is 4. The molecule has 280 valence electrons. The summed E-state index contributed by atoms with van der Waals surface area (Å²) < 4.78 is 11.3. The lowest BCUT2D eigenvalue weighted by Gasteiger charge is -2.41. The third-order valence-corrected chi connectivity index (χ3v) is 10.2. The molecule has 1 aromatic heterocycles. The van der Waals surface area contributed by atoms with Gasteiger partial charge in [0.05, 0.1) is 25.3 Å². The Morgan fingerprint density at radius 2 is 1.54 bits per heavy atom. The number of benzene rings is 2. The maximum absolute atomic E-state index is 14.2. The highest BCUT2D eigenvalue weighted by Gasteiger charge is 2.40. The van der Waals surface area contributed by atoms with Crippen LogP contribution in [-0.4, -0.2) is 70.9 Å². The number of rotatable bonds is 16. The molecule has 0 bridgehead atoms. The van der Waals surface area contributed by atoms with E-state index in [2.05, 4.69) is 5.32 Å². The highest BCUT2D eigenvalue weighted by atomic mass is 16.7. The quantitative estimate of drug-likeness (QED) is 0.129. The van der Waals surface area contributed by atoms with Gasteiger partial charge in [-0.05, 0) is 53.9 Å². The third kappa shape index (κ3) is 11.2. The minimum atomic E-state index is -0.785. The van der Waals surface area contributed by atoms with Crippen LogP contribution in [0.25, 0.3) is 0 Å². The molecule has 1 saturated heterocycles. The first-order valence-corrected chi connectivity index (χ1v) is 18.6. The number of furan rings is 1. The fourth-order valence-corrected chi connectivity index (χ4v) is 7.19. The lowest BCUT2D eigenvalue weighted by Crippen LogP contribution is -2.58. The molecule has 5 rings (SSSR count). The molecule has 4 amide bonds. The van der Waals surface area contributed by atoms with Crippen LogP contribution < -0.4 is 5.32 Å². The number of hydroxylamine groups is 2. The zero-order valence-corrected chi connectivity index (χ0v) is 30.8. The number of ether oxygens (including phenoxy) is 1. The van der Waals surface area contributed by atoms with Crippen LogP contribution in [0.4, 0.5) is 4.79 Å². The Kier molecular flexibility index (Phi) is 13.9. The number of hydrogen-bond acceptors (Lipinski definition) is 7. The Hall–Kier alpha value is -4.64. The van der Waals surface area contributed by atoms with Crippen molar-refractivity contribution < 1.29 is 33.2 Å². The van der Waals surface area contributed by atoms with Crippen molar-refractivity contribution in [3.05, 3.63) is 95.9 Å². The van der Waals surface area contributed by atoms with Crippen molar-refractivity contribution in [3.8, 4) is 0 Å². The summed E-state index contributed by atoms with van der Waals surface area (Å²) in [5, 5.41) is 4.33. The lowest BCUT2D eigenvalue weighted by atomic mass is 9.84. The van der Waals surface area contributed by atoms with Gasteiger partial charge in [0.15, 0.2) is 0 Å². The summed E-state index contributed by atoms with van der Waals surface area (Å²) in [7, 11) is 0. The van der Waals surface area contributed by atoms with Crippen LogP contribution in [-0.2, 0) is 43.7 Å². The maximum atomic E-state index is 14.2.